The summed E-state index contributed by atoms with van der Waals surface area (Å²) < 4.78 is 14.8. The van der Waals surface area contributed by atoms with Crippen LogP contribution in [0, 0.1) is 0 Å². The third-order valence-corrected chi connectivity index (χ3v) is 15.2. The second-order valence-electron chi connectivity index (χ2n) is 19.5. The number of hydrogen-bond donors (Lipinski definition) is 0. The molecule has 0 spiro atoms. The smallest absolute Gasteiger partial charge is 0.143 e. The molecule has 11 aromatic rings. The quantitative estimate of drug-likeness (QED) is 0.0532. The van der Waals surface area contributed by atoms with E-state index in [0.717, 1.165) is 61.3 Å². The normalized spacial score (nSPS) is 11.9. The Hall–Kier alpha value is -8.97. The van der Waals surface area contributed by atoms with Gasteiger partial charge in [-0.1, -0.05) is 291 Å². The molecule has 386 valence electrons. The molecule has 0 saturated heterocycles. The van der Waals surface area contributed by atoms with Crippen LogP contribution in [0.2, 0.25) is 5.02 Å². The number of hydrogen-bond acceptors (Lipinski definition) is 5. The zero-order valence-electron chi connectivity index (χ0n) is 43.9. The lowest BCUT2D eigenvalue weighted by Crippen LogP contribution is -2.39. The van der Waals surface area contributed by atoms with Crippen molar-refractivity contribution in [1.82, 2.24) is 0 Å². The molecule has 0 fully saturated rings. The zero-order chi connectivity index (χ0) is 53.6. The van der Waals surface area contributed by atoms with E-state index in [1.165, 1.54) is 0 Å². The van der Waals surface area contributed by atoms with E-state index < -0.39 is 16.6 Å². The lowest BCUT2D eigenvalue weighted by molar-refractivity contribution is 0.00968. The first-order valence-electron chi connectivity index (χ1n) is 26.9. The van der Waals surface area contributed by atoms with E-state index in [-0.39, 0.29) is 0 Å². The average molecular weight is 1050 g/mol. The van der Waals surface area contributed by atoms with Crippen LogP contribution in [0.25, 0.3) is 0 Å². The standard InChI is InChI=1S/C73H60ClN3O2/c74-69-56-66(71(57-28-10-1-11-29-57,58-30-12-2-13-31-58)59-32-14-3-15-33-59)46-51-70(69)76-75-67-47-49-68(50-48-67)77(52-54-78-72(60-34-16-4-17-35-60,61-36-18-5-19-37-61)62-38-20-6-21-39-62)53-55-79-73(63-40-22-7-23-41-63,64-42-24-8-25-43-64)65-44-26-9-27-45-65/h1-51,56H,52-55H2. The molecule has 11 aromatic carbocycles. The minimum Gasteiger partial charge on any atom is -0.367 e. The Labute approximate surface area is 469 Å². The van der Waals surface area contributed by atoms with Gasteiger partial charge in [0.2, 0.25) is 0 Å². The summed E-state index contributed by atoms with van der Waals surface area (Å²) in [5.74, 6) is 0. The molecule has 11 rings (SSSR count). The van der Waals surface area contributed by atoms with Crippen molar-refractivity contribution in [2.45, 2.75) is 16.6 Å². The summed E-state index contributed by atoms with van der Waals surface area (Å²) in [4.78, 5) is 2.34. The van der Waals surface area contributed by atoms with Gasteiger partial charge in [-0.2, -0.15) is 5.11 Å². The van der Waals surface area contributed by atoms with Crippen LogP contribution in [0.5, 0.6) is 0 Å². The van der Waals surface area contributed by atoms with Gasteiger partial charge in [0.1, 0.15) is 16.9 Å². The van der Waals surface area contributed by atoms with Crippen molar-refractivity contribution >= 4 is 28.7 Å². The van der Waals surface area contributed by atoms with Gasteiger partial charge in [0.25, 0.3) is 0 Å². The van der Waals surface area contributed by atoms with E-state index in [2.05, 4.69) is 296 Å². The highest BCUT2D eigenvalue weighted by Gasteiger charge is 2.41. The summed E-state index contributed by atoms with van der Waals surface area (Å²) in [5, 5.41) is 10.0. The molecule has 0 aliphatic heterocycles. The highest BCUT2D eigenvalue weighted by atomic mass is 35.5. The van der Waals surface area contributed by atoms with Gasteiger partial charge in [-0.3, -0.25) is 0 Å². The summed E-state index contributed by atoms with van der Waals surface area (Å²) in [6.07, 6.45) is 0. The van der Waals surface area contributed by atoms with Gasteiger partial charge in [0.15, 0.2) is 0 Å². The van der Waals surface area contributed by atoms with E-state index in [1.54, 1.807) is 0 Å². The topological polar surface area (TPSA) is 46.4 Å². The third-order valence-electron chi connectivity index (χ3n) is 14.9. The molecular weight excluding hydrogens is 986 g/mol. The van der Waals surface area contributed by atoms with Gasteiger partial charge in [-0.15, -0.1) is 5.11 Å². The van der Waals surface area contributed by atoms with Crippen LogP contribution in [0.1, 0.15) is 55.6 Å². The molecule has 0 amide bonds. The molecule has 0 aliphatic carbocycles. The van der Waals surface area contributed by atoms with Gasteiger partial charge in [0, 0.05) is 18.8 Å². The molecule has 0 unspecified atom stereocenters. The van der Waals surface area contributed by atoms with E-state index in [1.807, 2.05) is 24.3 Å². The van der Waals surface area contributed by atoms with Gasteiger partial charge in [0.05, 0.1) is 29.3 Å². The van der Waals surface area contributed by atoms with Crippen molar-refractivity contribution in [3.8, 4) is 0 Å². The molecule has 0 saturated carbocycles. The molecule has 79 heavy (non-hydrogen) atoms. The maximum atomic E-state index is 7.39. The Bertz CT molecular complexity index is 3230. The molecule has 0 aliphatic rings. The van der Waals surface area contributed by atoms with E-state index in [4.69, 9.17) is 31.3 Å². The van der Waals surface area contributed by atoms with Crippen LogP contribution in [-0.4, -0.2) is 26.3 Å². The third kappa shape index (κ3) is 10.9. The van der Waals surface area contributed by atoms with Crippen molar-refractivity contribution in [3.05, 3.63) is 376 Å². The SMILES string of the molecule is Clc1cc(C(c2ccccc2)(c2ccccc2)c2ccccc2)ccc1N=Nc1ccc(N(CCOC(c2ccccc2)(c2ccccc2)c2ccccc2)CCOC(c2ccccc2)(c2ccccc2)c2ccccc2)cc1. The molecular formula is C73H60ClN3O2. The van der Waals surface area contributed by atoms with E-state index in [0.29, 0.717) is 42.7 Å². The number of ether oxygens (including phenoxy) is 2. The number of rotatable bonds is 21. The summed E-state index contributed by atoms with van der Waals surface area (Å²) in [6, 6.07) is 109. The van der Waals surface area contributed by atoms with Gasteiger partial charge in [-0.25, -0.2) is 0 Å². The number of benzene rings is 11. The fourth-order valence-electron chi connectivity index (χ4n) is 11.3. The Kier molecular flexibility index (Phi) is 16.2. The zero-order valence-corrected chi connectivity index (χ0v) is 44.6. The number of halogens is 1. The van der Waals surface area contributed by atoms with Crippen molar-refractivity contribution in [3.63, 3.8) is 0 Å². The second kappa shape index (κ2) is 24.6. The van der Waals surface area contributed by atoms with Gasteiger partial charge >= 0.3 is 0 Å². The first kappa shape index (κ1) is 52.1. The summed E-state index contributed by atoms with van der Waals surface area (Å²) >= 11 is 7.24. The van der Waals surface area contributed by atoms with Crippen LogP contribution in [0.15, 0.2) is 326 Å². The first-order valence-corrected chi connectivity index (χ1v) is 27.3. The second-order valence-corrected chi connectivity index (χ2v) is 19.9. The van der Waals surface area contributed by atoms with E-state index in [9.17, 15) is 0 Å². The van der Waals surface area contributed by atoms with Crippen LogP contribution in [0.4, 0.5) is 17.1 Å². The van der Waals surface area contributed by atoms with Crippen LogP contribution in [0.3, 0.4) is 0 Å². The molecule has 0 bridgehead atoms. The average Bonchev–Trinajstić information content (AvgIpc) is 3.61. The maximum absolute atomic E-state index is 7.39. The Morgan fingerprint density at radius 2 is 0.595 bits per heavy atom. The monoisotopic (exact) mass is 1050 g/mol. The lowest BCUT2D eigenvalue weighted by atomic mass is 9.65. The van der Waals surface area contributed by atoms with Gasteiger partial charge < -0.3 is 14.4 Å². The molecule has 5 nitrogen and oxygen atoms in total. The highest BCUT2D eigenvalue weighted by molar-refractivity contribution is 6.33. The van der Waals surface area contributed by atoms with Crippen LogP contribution in [-0.2, 0) is 26.1 Å². The fourth-order valence-corrected chi connectivity index (χ4v) is 11.5. The molecule has 0 atom stereocenters. The molecule has 0 heterocycles. The minimum atomic E-state index is -0.884. The largest absolute Gasteiger partial charge is 0.367 e. The number of anilines is 1. The Balaban J connectivity index is 0.922. The Morgan fingerprint density at radius 1 is 0.304 bits per heavy atom. The highest BCUT2D eigenvalue weighted by Crippen LogP contribution is 2.47. The summed E-state index contributed by atoms with van der Waals surface area (Å²) in [7, 11) is 0. The van der Waals surface area contributed by atoms with Gasteiger partial charge in [-0.05, 0) is 92.0 Å². The molecule has 0 radical (unpaired) electrons. The first-order chi connectivity index (χ1) is 39.1. The predicted octanol–water partition coefficient (Wildman–Crippen LogP) is 18.0. The summed E-state index contributed by atoms with van der Waals surface area (Å²) in [6.45, 7) is 1.86. The van der Waals surface area contributed by atoms with Crippen molar-refractivity contribution in [1.29, 1.82) is 0 Å². The Morgan fingerprint density at radius 3 is 0.886 bits per heavy atom. The maximum Gasteiger partial charge on any atom is 0.143 e. The van der Waals surface area contributed by atoms with E-state index >= 15 is 0 Å². The summed E-state index contributed by atoms with van der Waals surface area (Å²) in [5.41, 5.74) is 10.6. The molecule has 0 aromatic heterocycles. The van der Waals surface area contributed by atoms with Crippen LogP contribution >= 0.6 is 11.6 Å². The van der Waals surface area contributed by atoms with Crippen LogP contribution < -0.4 is 4.90 Å². The number of nitrogens with zero attached hydrogens (tertiary/aromatic N) is 3. The van der Waals surface area contributed by atoms with Crippen molar-refractivity contribution in [2.24, 2.45) is 10.2 Å². The molecule has 0 N–H and O–H groups in total. The van der Waals surface area contributed by atoms with Crippen molar-refractivity contribution < 1.29 is 9.47 Å². The predicted molar refractivity (Wildman–Crippen MR) is 323 cm³/mol. The lowest BCUT2D eigenvalue weighted by Gasteiger charge is -2.38. The van der Waals surface area contributed by atoms with Crippen molar-refractivity contribution in [2.75, 3.05) is 31.2 Å². The minimum absolute atomic E-state index is 0.385. The fraction of sp³-hybridized carbons (Fsp3) is 0.0959. The molecule has 6 heteroatoms. The number of azo groups is 1.